The van der Waals surface area contributed by atoms with Crippen molar-refractivity contribution >= 4 is 10.8 Å². The predicted octanol–water partition coefficient (Wildman–Crippen LogP) is 3.58. The monoisotopic (exact) mass is 208 g/mol. The Morgan fingerprint density at radius 1 is 1.00 bits per heavy atom. The molecule has 0 bridgehead atoms. The van der Waals surface area contributed by atoms with E-state index in [0.29, 0.717) is 0 Å². The van der Waals surface area contributed by atoms with E-state index in [1.807, 2.05) is 36.4 Å². The molecule has 0 heterocycles. The lowest BCUT2D eigenvalue weighted by molar-refractivity contribution is -0.136. The fourth-order valence-electron chi connectivity index (χ4n) is 1.57. The van der Waals surface area contributed by atoms with Gasteiger partial charge in [-0.25, -0.2) is 0 Å². The molecule has 0 aliphatic heterocycles. The topological polar surface area (TPSA) is 9.23 Å². The van der Waals surface area contributed by atoms with E-state index in [1.165, 1.54) is 0 Å². The van der Waals surface area contributed by atoms with Crippen molar-refractivity contribution in [1.29, 1.82) is 0 Å². The van der Waals surface area contributed by atoms with Crippen LogP contribution in [-0.4, -0.2) is 6.61 Å². The van der Waals surface area contributed by atoms with E-state index in [0.717, 1.165) is 16.3 Å². The van der Waals surface area contributed by atoms with Crippen LogP contribution in [0.3, 0.4) is 0 Å². The van der Waals surface area contributed by atoms with E-state index in [2.05, 4.69) is 4.74 Å². The molecule has 0 radical (unpaired) electrons. The minimum Gasteiger partial charge on any atom is -0.318 e. The average Bonchev–Trinajstić information content (AvgIpc) is 2.26. The van der Waals surface area contributed by atoms with Gasteiger partial charge >= 0.3 is 6.61 Å². The van der Waals surface area contributed by atoms with Gasteiger partial charge in [0.1, 0.15) is 0 Å². The van der Waals surface area contributed by atoms with Crippen molar-refractivity contribution in [2.45, 2.75) is 13.2 Å². The Balaban J connectivity index is 2.34. The highest BCUT2D eigenvalue weighted by molar-refractivity contribution is 5.85. The zero-order valence-corrected chi connectivity index (χ0v) is 7.99. The highest BCUT2D eigenvalue weighted by Crippen LogP contribution is 2.19. The van der Waals surface area contributed by atoms with Crippen LogP contribution in [0.15, 0.2) is 42.5 Å². The molecule has 1 nitrogen and oxygen atoms in total. The number of hydrogen-bond acceptors (Lipinski definition) is 1. The predicted molar refractivity (Wildman–Crippen MR) is 54.7 cm³/mol. The summed E-state index contributed by atoms with van der Waals surface area (Å²) >= 11 is 0. The highest BCUT2D eigenvalue weighted by Gasteiger charge is 2.04. The molecule has 0 aliphatic rings. The molecule has 0 aliphatic carbocycles. The zero-order valence-electron chi connectivity index (χ0n) is 7.99. The maximum atomic E-state index is 11.9. The SMILES string of the molecule is FC(F)OCc1cccc2ccccc12. The van der Waals surface area contributed by atoms with E-state index < -0.39 is 6.61 Å². The summed E-state index contributed by atoms with van der Waals surface area (Å²) in [6.45, 7) is -2.78. The maximum absolute atomic E-state index is 11.9. The molecule has 0 aromatic heterocycles. The number of alkyl halides is 2. The molecular weight excluding hydrogens is 198 g/mol. The van der Waals surface area contributed by atoms with Gasteiger partial charge in [0.15, 0.2) is 0 Å². The van der Waals surface area contributed by atoms with Crippen LogP contribution in [0.25, 0.3) is 10.8 Å². The molecule has 0 spiro atoms. The average molecular weight is 208 g/mol. The zero-order chi connectivity index (χ0) is 10.7. The molecule has 15 heavy (non-hydrogen) atoms. The summed E-state index contributed by atoms with van der Waals surface area (Å²) < 4.78 is 28.1. The van der Waals surface area contributed by atoms with Crippen LogP contribution in [0, 0.1) is 0 Å². The van der Waals surface area contributed by atoms with E-state index in [-0.39, 0.29) is 6.61 Å². The fourth-order valence-corrected chi connectivity index (χ4v) is 1.57. The summed E-state index contributed by atoms with van der Waals surface area (Å²) in [7, 11) is 0. The van der Waals surface area contributed by atoms with Crippen LogP contribution in [0.5, 0.6) is 0 Å². The summed E-state index contributed by atoms with van der Waals surface area (Å²) in [6, 6.07) is 13.2. The maximum Gasteiger partial charge on any atom is 0.345 e. The first-order chi connectivity index (χ1) is 7.27. The van der Waals surface area contributed by atoms with Gasteiger partial charge in [0.05, 0.1) is 6.61 Å². The number of ether oxygens (including phenoxy) is 1. The largest absolute Gasteiger partial charge is 0.345 e. The van der Waals surface area contributed by atoms with Gasteiger partial charge in [0.2, 0.25) is 0 Å². The molecule has 0 unspecified atom stereocenters. The summed E-state index contributed by atoms with van der Waals surface area (Å²) in [5.41, 5.74) is 0.786. The molecule has 0 saturated heterocycles. The molecule has 0 fully saturated rings. The number of halogens is 2. The van der Waals surface area contributed by atoms with E-state index in [4.69, 9.17) is 0 Å². The first kappa shape index (κ1) is 10.1. The van der Waals surface area contributed by atoms with Crippen molar-refractivity contribution in [3.63, 3.8) is 0 Å². The Morgan fingerprint density at radius 2 is 1.73 bits per heavy atom. The molecule has 2 aromatic rings. The van der Waals surface area contributed by atoms with Crippen LogP contribution < -0.4 is 0 Å². The van der Waals surface area contributed by atoms with Crippen molar-refractivity contribution in [2.24, 2.45) is 0 Å². The minimum absolute atomic E-state index is 0.0565. The van der Waals surface area contributed by atoms with Gasteiger partial charge in [-0.2, -0.15) is 8.78 Å². The summed E-state index contributed by atoms with van der Waals surface area (Å²) in [5.74, 6) is 0. The van der Waals surface area contributed by atoms with Gasteiger partial charge in [0, 0.05) is 0 Å². The second-order valence-electron chi connectivity index (χ2n) is 3.21. The van der Waals surface area contributed by atoms with Gasteiger partial charge in [-0.15, -0.1) is 0 Å². The first-order valence-corrected chi connectivity index (χ1v) is 4.64. The van der Waals surface area contributed by atoms with Gasteiger partial charge in [-0.05, 0) is 16.3 Å². The van der Waals surface area contributed by atoms with E-state index in [1.54, 1.807) is 6.07 Å². The lowest BCUT2D eigenvalue weighted by Gasteiger charge is -2.06. The first-order valence-electron chi connectivity index (χ1n) is 4.64. The number of fused-ring (bicyclic) bond motifs is 1. The Labute approximate surface area is 86.3 Å². The molecule has 0 atom stereocenters. The highest BCUT2D eigenvalue weighted by atomic mass is 19.3. The van der Waals surface area contributed by atoms with Crippen LogP contribution in [-0.2, 0) is 11.3 Å². The standard InChI is InChI=1S/C12H10F2O/c13-12(14)15-8-10-6-3-5-9-4-1-2-7-11(9)10/h1-7,12H,8H2. The normalized spacial score (nSPS) is 11.1. The van der Waals surface area contributed by atoms with E-state index >= 15 is 0 Å². The Hall–Kier alpha value is -1.48. The molecule has 0 N–H and O–H groups in total. The van der Waals surface area contributed by atoms with Gasteiger partial charge in [-0.1, -0.05) is 42.5 Å². The third kappa shape index (κ3) is 2.30. The molecule has 78 valence electrons. The molecule has 0 saturated carbocycles. The van der Waals surface area contributed by atoms with Crippen molar-refractivity contribution in [2.75, 3.05) is 0 Å². The number of rotatable bonds is 3. The molecule has 2 rings (SSSR count). The lowest BCUT2D eigenvalue weighted by Crippen LogP contribution is -1.99. The van der Waals surface area contributed by atoms with Gasteiger partial charge < -0.3 is 4.74 Å². The van der Waals surface area contributed by atoms with Crippen molar-refractivity contribution < 1.29 is 13.5 Å². The molecule has 0 amide bonds. The van der Waals surface area contributed by atoms with Crippen LogP contribution in [0.2, 0.25) is 0 Å². The van der Waals surface area contributed by atoms with Gasteiger partial charge in [0.25, 0.3) is 0 Å². The lowest BCUT2D eigenvalue weighted by atomic mass is 10.1. The summed E-state index contributed by atoms with van der Waals surface area (Å²) in [5, 5.41) is 1.99. The van der Waals surface area contributed by atoms with Crippen LogP contribution in [0.4, 0.5) is 8.78 Å². The molecule has 3 heteroatoms. The number of benzene rings is 2. The fraction of sp³-hybridized carbons (Fsp3) is 0.167. The summed E-state index contributed by atoms with van der Waals surface area (Å²) in [6.07, 6.45) is 0. The smallest absolute Gasteiger partial charge is 0.318 e. The van der Waals surface area contributed by atoms with Gasteiger partial charge in [-0.3, -0.25) is 0 Å². The van der Waals surface area contributed by atoms with Crippen LogP contribution >= 0.6 is 0 Å². The second kappa shape index (κ2) is 4.36. The summed E-state index contributed by atoms with van der Waals surface area (Å²) in [4.78, 5) is 0. The number of hydrogen-bond donors (Lipinski definition) is 0. The third-order valence-electron chi connectivity index (χ3n) is 2.24. The Bertz CT molecular complexity index is 449. The second-order valence-corrected chi connectivity index (χ2v) is 3.21. The third-order valence-corrected chi connectivity index (χ3v) is 2.24. The van der Waals surface area contributed by atoms with Crippen molar-refractivity contribution in [1.82, 2.24) is 0 Å². The van der Waals surface area contributed by atoms with E-state index in [9.17, 15) is 8.78 Å². The Kier molecular flexibility index (Phi) is 2.92. The Morgan fingerprint density at radius 3 is 2.53 bits per heavy atom. The molecule has 2 aromatic carbocycles. The molecular formula is C12H10F2O. The quantitative estimate of drug-likeness (QED) is 0.749. The van der Waals surface area contributed by atoms with Crippen molar-refractivity contribution in [3.8, 4) is 0 Å². The van der Waals surface area contributed by atoms with Crippen LogP contribution in [0.1, 0.15) is 5.56 Å². The minimum atomic E-state index is -2.72. The van der Waals surface area contributed by atoms with Crippen molar-refractivity contribution in [3.05, 3.63) is 48.0 Å².